The van der Waals surface area contributed by atoms with Gasteiger partial charge in [-0.1, -0.05) is 31.4 Å². The Morgan fingerprint density at radius 2 is 2.14 bits per heavy atom. The first-order valence-corrected chi connectivity index (χ1v) is 9.06. The van der Waals surface area contributed by atoms with Crippen LogP contribution in [0.2, 0.25) is 5.02 Å². The molecule has 0 aliphatic heterocycles. The van der Waals surface area contributed by atoms with Crippen molar-refractivity contribution < 1.29 is 13.2 Å². The highest BCUT2D eigenvalue weighted by Crippen LogP contribution is 2.24. The van der Waals surface area contributed by atoms with Gasteiger partial charge in [-0.25, -0.2) is 13.4 Å². The molecular formula is C14H19ClN2O3S. The molecule has 7 heteroatoms. The fourth-order valence-electron chi connectivity index (χ4n) is 2.62. The second kappa shape index (κ2) is 6.75. The quantitative estimate of drug-likeness (QED) is 0.918. The number of pyridine rings is 1. The van der Waals surface area contributed by atoms with E-state index in [1.807, 2.05) is 0 Å². The van der Waals surface area contributed by atoms with Crippen LogP contribution in [0.4, 0.5) is 0 Å². The van der Waals surface area contributed by atoms with Crippen LogP contribution in [0, 0.1) is 5.92 Å². The Bertz CT molecular complexity index is 618. The van der Waals surface area contributed by atoms with E-state index in [2.05, 4.69) is 17.2 Å². The predicted molar refractivity (Wildman–Crippen MR) is 80.9 cm³/mol. The average Bonchev–Trinajstić information content (AvgIpc) is 2.41. The van der Waals surface area contributed by atoms with Gasteiger partial charge in [0.05, 0.1) is 5.02 Å². The van der Waals surface area contributed by atoms with Crippen LogP contribution < -0.4 is 5.32 Å². The van der Waals surface area contributed by atoms with Gasteiger partial charge in [0.15, 0.2) is 5.03 Å². The van der Waals surface area contributed by atoms with Crippen LogP contribution in [-0.4, -0.2) is 31.1 Å². The van der Waals surface area contributed by atoms with Crippen molar-refractivity contribution >= 4 is 27.3 Å². The summed E-state index contributed by atoms with van der Waals surface area (Å²) in [5, 5.41) is 2.63. The number of nitrogens with one attached hydrogen (secondary N) is 1. The Balaban J connectivity index is 2.03. The first-order valence-electron chi connectivity index (χ1n) is 7.03. The lowest BCUT2D eigenvalue weighted by Crippen LogP contribution is -2.43. The number of nitrogens with zero attached hydrogens (tertiary/aromatic N) is 1. The van der Waals surface area contributed by atoms with E-state index < -0.39 is 21.5 Å². The maximum Gasteiger partial charge on any atom is 0.235 e. The van der Waals surface area contributed by atoms with Gasteiger partial charge in [-0.15, -0.1) is 0 Å². The minimum atomic E-state index is -3.81. The average molecular weight is 331 g/mol. The van der Waals surface area contributed by atoms with E-state index in [0.29, 0.717) is 5.92 Å². The maximum absolute atomic E-state index is 12.2. The summed E-state index contributed by atoms with van der Waals surface area (Å²) in [7, 11) is -3.81. The van der Waals surface area contributed by atoms with Crippen LogP contribution in [0.15, 0.2) is 23.4 Å². The van der Waals surface area contributed by atoms with Gasteiger partial charge in [0.2, 0.25) is 15.7 Å². The standard InChI is InChI=1S/C14H19ClN2O3S/c1-10-5-2-3-7-12(10)17-13(18)9-21(19,20)14-11(15)6-4-8-16-14/h4,6,8,10,12H,2-3,5,7,9H2,1H3,(H,17,18). The summed E-state index contributed by atoms with van der Waals surface area (Å²) in [6, 6.07) is 3.05. The summed E-state index contributed by atoms with van der Waals surface area (Å²) in [4.78, 5) is 15.8. The fraction of sp³-hybridized carbons (Fsp3) is 0.571. The molecule has 21 heavy (non-hydrogen) atoms. The smallest absolute Gasteiger partial charge is 0.235 e. The molecule has 1 saturated carbocycles. The third-order valence-electron chi connectivity index (χ3n) is 3.80. The third kappa shape index (κ3) is 4.17. The van der Waals surface area contributed by atoms with E-state index in [4.69, 9.17) is 11.6 Å². The normalized spacial score (nSPS) is 22.8. The largest absolute Gasteiger partial charge is 0.352 e. The first-order chi connectivity index (χ1) is 9.90. The van der Waals surface area contributed by atoms with E-state index in [-0.39, 0.29) is 16.1 Å². The molecule has 0 saturated heterocycles. The summed E-state index contributed by atoms with van der Waals surface area (Å²) >= 11 is 5.83. The van der Waals surface area contributed by atoms with E-state index in [1.54, 1.807) is 6.07 Å². The molecule has 1 aliphatic carbocycles. The Kier molecular flexibility index (Phi) is 5.22. The van der Waals surface area contributed by atoms with E-state index in [1.165, 1.54) is 12.3 Å². The monoisotopic (exact) mass is 330 g/mol. The molecule has 1 N–H and O–H groups in total. The highest BCUT2D eigenvalue weighted by atomic mass is 35.5. The predicted octanol–water partition coefficient (Wildman–Crippen LogP) is 2.20. The van der Waals surface area contributed by atoms with Crippen molar-refractivity contribution in [2.24, 2.45) is 5.92 Å². The van der Waals surface area contributed by atoms with Crippen LogP contribution in [-0.2, 0) is 14.6 Å². The molecule has 2 atom stereocenters. The van der Waals surface area contributed by atoms with Gasteiger partial charge in [0.1, 0.15) is 5.75 Å². The molecule has 5 nitrogen and oxygen atoms in total. The van der Waals surface area contributed by atoms with Gasteiger partial charge >= 0.3 is 0 Å². The molecule has 0 aromatic carbocycles. The Hall–Kier alpha value is -1.14. The summed E-state index contributed by atoms with van der Waals surface area (Å²) in [5.74, 6) is -0.730. The van der Waals surface area contributed by atoms with Crippen LogP contribution in [0.5, 0.6) is 0 Å². The van der Waals surface area contributed by atoms with Crippen molar-refractivity contribution in [1.29, 1.82) is 0 Å². The zero-order valence-electron chi connectivity index (χ0n) is 11.9. The number of sulfone groups is 1. The minimum absolute atomic E-state index is 0.0383. The SMILES string of the molecule is CC1CCCCC1NC(=O)CS(=O)(=O)c1ncccc1Cl. The lowest BCUT2D eigenvalue weighted by Gasteiger charge is -2.29. The van der Waals surface area contributed by atoms with E-state index in [9.17, 15) is 13.2 Å². The summed E-state index contributed by atoms with van der Waals surface area (Å²) < 4.78 is 24.4. The molecule has 1 heterocycles. The van der Waals surface area contributed by atoms with Crippen molar-refractivity contribution in [2.75, 3.05) is 5.75 Å². The Morgan fingerprint density at radius 3 is 2.81 bits per heavy atom. The molecular weight excluding hydrogens is 312 g/mol. The zero-order valence-corrected chi connectivity index (χ0v) is 13.5. The van der Waals surface area contributed by atoms with Crippen molar-refractivity contribution in [2.45, 2.75) is 43.7 Å². The zero-order chi connectivity index (χ0) is 15.5. The molecule has 1 aromatic heterocycles. The second-order valence-electron chi connectivity index (χ2n) is 5.49. The number of hydrogen-bond acceptors (Lipinski definition) is 4. The molecule has 2 rings (SSSR count). The van der Waals surface area contributed by atoms with Gasteiger partial charge in [-0.2, -0.15) is 0 Å². The third-order valence-corrected chi connectivity index (χ3v) is 5.77. The highest BCUT2D eigenvalue weighted by Gasteiger charge is 2.27. The number of carbonyl (C=O) groups excluding carboxylic acids is 1. The molecule has 0 radical (unpaired) electrons. The highest BCUT2D eigenvalue weighted by molar-refractivity contribution is 7.92. The summed E-state index contributed by atoms with van der Waals surface area (Å²) in [6.07, 6.45) is 5.53. The van der Waals surface area contributed by atoms with Crippen molar-refractivity contribution in [1.82, 2.24) is 10.3 Å². The number of halogens is 1. The van der Waals surface area contributed by atoms with Gasteiger partial charge < -0.3 is 5.32 Å². The molecule has 0 bridgehead atoms. The van der Waals surface area contributed by atoms with Crippen LogP contribution in [0.1, 0.15) is 32.6 Å². The Labute approximate surface area is 130 Å². The van der Waals surface area contributed by atoms with Gasteiger partial charge in [0.25, 0.3) is 0 Å². The maximum atomic E-state index is 12.2. The van der Waals surface area contributed by atoms with Gasteiger partial charge in [-0.05, 0) is 30.9 Å². The van der Waals surface area contributed by atoms with E-state index >= 15 is 0 Å². The molecule has 116 valence electrons. The number of aromatic nitrogens is 1. The van der Waals surface area contributed by atoms with Crippen LogP contribution >= 0.6 is 11.6 Å². The Morgan fingerprint density at radius 1 is 1.43 bits per heavy atom. The lowest BCUT2D eigenvalue weighted by molar-refractivity contribution is -0.119. The molecule has 0 spiro atoms. The number of hydrogen-bond donors (Lipinski definition) is 1. The number of amides is 1. The lowest BCUT2D eigenvalue weighted by atomic mass is 9.86. The van der Waals surface area contributed by atoms with Gasteiger partial charge in [-0.3, -0.25) is 4.79 Å². The second-order valence-corrected chi connectivity index (χ2v) is 7.80. The van der Waals surface area contributed by atoms with E-state index in [0.717, 1.165) is 25.7 Å². The van der Waals surface area contributed by atoms with Crippen LogP contribution in [0.3, 0.4) is 0 Å². The van der Waals surface area contributed by atoms with Crippen molar-refractivity contribution in [3.63, 3.8) is 0 Å². The molecule has 1 fully saturated rings. The van der Waals surface area contributed by atoms with Crippen molar-refractivity contribution in [3.8, 4) is 0 Å². The van der Waals surface area contributed by atoms with Gasteiger partial charge in [0, 0.05) is 12.2 Å². The number of rotatable bonds is 4. The van der Waals surface area contributed by atoms with Crippen molar-refractivity contribution in [3.05, 3.63) is 23.4 Å². The number of carbonyl (C=O) groups is 1. The first kappa shape index (κ1) is 16.2. The topological polar surface area (TPSA) is 76.1 Å². The summed E-state index contributed by atoms with van der Waals surface area (Å²) in [5.41, 5.74) is 0. The molecule has 1 aliphatic rings. The minimum Gasteiger partial charge on any atom is -0.352 e. The molecule has 1 amide bonds. The molecule has 1 aromatic rings. The fourth-order valence-corrected chi connectivity index (χ4v) is 4.25. The summed E-state index contributed by atoms with van der Waals surface area (Å²) in [6.45, 7) is 2.08. The van der Waals surface area contributed by atoms with Crippen LogP contribution in [0.25, 0.3) is 0 Å². The molecule has 2 unspecified atom stereocenters.